The molecule has 2 rings (SSSR count). The molecule has 0 aliphatic carbocycles. The molecule has 0 unspecified atom stereocenters. The molecule has 0 radical (unpaired) electrons. The highest BCUT2D eigenvalue weighted by molar-refractivity contribution is 14.1. The lowest BCUT2D eigenvalue weighted by Gasteiger charge is -2.15. The van der Waals surface area contributed by atoms with Crippen LogP contribution < -0.4 is 5.32 Å². The van der Waals surface area contributed by atoms with Crippen LogP contribution in [-0.4, -0.2) is 32.7 Å². The molecule has 0 aliphatic heterocycles. The quantitative estimate of drug-likeness (QED) is 0.721. The van der Waals surface area contributed by atoms with E-state index < -0.39 is 10.0 Å². The van der Waals surface area contributed by atoms with Crippen LogP contribution in [0.15, 0.2) is 53.4 Å². The zero-order chi connectivity index (χ0) is 17.0. The zero-order valence-electron chi connectivity index (χ0n) is 12.8. The molecule has 0 fully saturated rings. The van der Waals surface area contributed by atoms with E-state index in [9.17, 15) is 13.2 Å². The van der Waals surface area contributed by atoms with Crippen molar-refractivity contribution in [1.82, 2.24) is 9.62 Å². The molecule has 2 aromatic rings. The zero-order valence-corrected chi connectivity index (χ0v) is 15.8. The maximum atomic E-state index is 12.3. The van der Waals surface area contributed by atoms with Crippen LogP contribution in [-0.2, 0) is 16.6 Å². The molecule has 7 heteroatoms. The van der Waals surface area contributed by atoms with Crippen LogP contribution in [0.5, 0.6) is 0 Å². The van der Waals surface area contributed by atoms with Gasteiger partial charge in [0.05, 0.1) is 4.90 Å². The molecule has 1 N–H and O–H groups in total. The lowest BCUT2D eigenvalue weighted by atomic mass is 10.2. The number of amides is 1. The van der Waals surface area contributed by atoms with Gasteiger partial charge in [0.1, 0.15) is 0 Å². The predicted molar refractivity (Wildman–Crippen MR) is 97.6 cm³/mol. The number of carbonyl (C=O) groups excluding carboxylic acids is 1. The van der Waals surface area contributed by atoms with E-state index >= 15 is 0 Å². The van der Waals surface area contributed by atoms with E-state index in [0.29, 0.717) is 11.1 Å². The number of carbonyl (C=O) groups is 1. The Hall–Kier alpha value is -1.45. The second-order valence-corrected chi connectivity index (χ2v) is 8.45. The summed E-state index contributed by atoms with van der Waals surface area (Å²) in [5.41, 5.74) is 1.10. The van der Waals surface area contributed by atoms with E-state index in [4.69, 9.17) is 0 Å². The van der Waals surface area contributed by atoms with Crippen LogP contribution >= 0.6 is 22.6 Å². The first-order valence-corrected chi connectivity index (χ1v) is 9.38. The van der Waals surface area contributed by atoms with Crippen molar-refractivity contribution >= 4 is 38.5 Å². The van der Waals surface area contributed by atoms with Gasteiger partial charge in [0.25, 0.3) is 5.91 Å². The van der Waals surface area contributed by atoms with Crippen molar-refractivity contribution in [3.05, 3.63) is 63.2 Å². The minimum atomic E-state index is -3.55. The van der Waals surface area contributed by atoms with Gasteiger partial charge in [-0.2, -0.15) is 0 Å². The van der Waals surface area contributed by atoms with Crippen LogP contribution in [0.4, 0.5) is 0 Å². The molecule has 23 heavy (non-hydrogen) atoms. The van der Waals surface area contributed by atoms with E-state index in [0.717, 1.165) is 7.88 Å². The number of hydrogen-bond acceptors (Lipinski definition) is 3. The topological polar surface area (TPSA) is 66.5 Å². The van der Waals surface area contributed by atoms with E-state index in [-0.39, 0.29) is 17.3 Å². The summed E-state index contributed by atoms with van der Waals surface area (Å²) >= 11 is 2.14. The number of sulfonamides is 1. The Labute approximate surface area is 149 Å². The summed E-state index contributed by atoms with van der Waals surface area (Å²) in [5.74, 6) is -0.236. The van der Waals surface area contributed by atoms with Crippen molar-refractivity contribution in [3.8, 4) is 0 Å². The summed E-state index contributed by atoms with van der Waals surface area (Å²) in [7, 11) is -0.580. The molecular weight excluding hydrogens is 427 g/mol. The molecule has 0 aliphatic rings. The number of nitrogens with zero attached hydrogens (tertiary/aromatic N) is 1. The number of nitrogens with one attached hydrogen (secondary N) is 1. The third-order valence-corrected chi connectivity index (χ3v) is 5.84. The van der Waals surface area contributed by atoms with E-state index in [1.54, 1.807) is 42.5 Å². The first kappa shape index (κ1) is 17.9. The normalized spacial score (nSPS) is 11.5. The van der Waals surface area contributed by atoms with Crippen LogP contribution in [0.2, 0.25) is 0 Å². The molecule has 0 saturated heterocycles. The lowest BCUT2D eigenvalue weighted by Crippen LogP contribution is -2.27. The molecular formula is C16H17IN2O3S. The minimum Gasteiger partial charge on any atom is -0.348 e. The fourth-order valence-corrected chi connectivity index (χ4v) is 3.66. The predicted octanol–water partition coefficient (Wildman–Crippen LogP) is 2.47. The Morgan fingerprint density at radius 1 is 1.13 bits per heavy atom. The van der Waals surface area contributed by atoms with Crippen molar-refractivity contribution in [1.29, 1.82) is 0 Å². The molecule has 0 heterocycles. The first-order chi connectivity index (χ1) is 10.8. The number of halogens is 1. The summed E-state index contributed by atoms with van der Waals surface area (Å²) in [5, 5.41) is 2.77. The van der Waals surface area contributed by atoms with Crippen molar-refractivity contribution < 1.29 is 13.2 Å². The van der Waals surface area contributed by atoms with Gasteiger partial charge in [-0.15, -0.1) is 0 Å². The standard InChI is InChI=1S/C16H17IN2O3S/c1-19(2)23(21,22)15-9-4-3-6-13(15)11-18-16(20)12-7-5-8-14(17)10-12/h3-10H,11H2,1-2H3,(H,18,20). The highest BCUT2D eigenvalue weighted by Crippen LogP contribution is 2.18. The molecule has 1 amide bonds. The minimum absolute atomic E-state index is 0.146. The summed E-state index contributed by atoms with van der Waals surface area (Å²) in [6.07, 6.45) is 0. The van der Waals surface area contributed by atoms with Crippen molar-refractivity contribution in [2.45, 2.75) is 11.4 Å². The fourth-order valence-electron chi connectivity index (χ4n) is 2.01. The van der Waals surface area contributed by atoms with Gasteiger partial charge < -0.3 is 5.32 Å². The summed E-state index contributed by atoms with van der Waals surface area (Å²) in [4.78, 5) is 12.4. The van der Waals surface area contributed by atoms with Crippen LogP contribution in [0, 0.1) is 3.57 Å². The van der Waals surface area contributed by atoms with Crippen molar-refractivity contribution in [2.75, 3.05) is 14.1 Å². The van der Waals surface area contributed by atoms with Gasteiger partial charge in [0.2, 0.25) is 10.0 Å². The van der Waals surface area contributed by atoms with Gasteiger partial charge in [-0.25, -0.2) is 12.7 Å². The molecule has 0 spiro atoms. The number of rotatable bonds is 5. The Bertz CT molecular complexity index is 820. The van der Waals surface area contributed by atoms with Gasteiger partial charge >= 0.3 is 0 Å². The fraction of sp³-hybridized carbons (Fsp3) is 0.188. The van der Waals surface area contributed by atoms with E-state index in [2.05, 4.69) is 27.9 Å². The van der Waals surface area contributed by atoms with Crippen molar-refractivity contribution in [3.63, 3.8) is 0 Å². The summed E-state index contributed by atoms with van der Waals surface area (Å²) < 4.78 is 26.8. The highest BCUT2D eigenvalue weighted by atomic mass is 127. The Morgan fingerprint density at radius 2 is 1.83 bits per heavy atom. The molecule has 2 aromatic carbocycles. The van der Waals surface area contributed by atoms with Gasteiger partial charge in [-0.1, -0.05) is 24.3 Å². The van der Waals surface area contributed by atoms with Gasteiger partial charge in [-0.3, -0.25) is 4.79 Å². The van der Waals surface area contributed by atoms with Crippen LogP contribution in [0.1, 0.15) is 15.9 Å². The molecule has 0 atom stereocenters. The van der Waals surface area contributed by atoms with Crippen LogP contribution in [0.25, 0.3) is 0 Å². The Balaban J connectivity index is 2.20. The summed E-state index contributed by atoms with van der Waals surface area (Å²) in [6, 6.07) is 13.9. The maximum Gasteiger partial charge on any atom is 0.251 e. The Kier molecular flexibility index (Phi) is 5.77. The average Bonchev–Trinajstić information content (AvgIpc) is 2.52. The maximum absolute atomic E-state index is 12.3. The van der Waals surface area contributed by atoms with Gasteiger partial charge in [-0.05, 0) is 52.4 Å². The molecule has 0 saturated carbocycles. The molecule has 0 aromatic heterocycles. The smallest absolute Gasteiger partial charge is 0.251 e. The van der Waals surface area contributed by atoms with Gasteiger partial charge in [0.15, 0.2) is 0 Å². The SMILES string of the molecule is CN(C)S(=O)(=O)c1ccccc1CNC(=O)c1cccc(I)c1. The lowest BCUT2D eigenvalue weighted by molar-refractivity contribution is 0.0950. The monoisotopic (exact) mass is 444 g/mol. The van der Waals surface area contributed by atoms with Gasteiger partial charge in [0, 0.05) is 29.8 Å². The van der Waals surface area contributed by atoms with Crippen LogP contribution in [0.3, 0.4) is 0 Å². The van der Waals surface area contributed by atoms with E-state index in [1.807, 2.05) is 6.07 Å². The second-order valence-electron chi connectivity index (χ2n) is 5.09. The first-order valence-electron chi connectivity index (χ1n) is 6.86. The average molecular weight is 444 g/mol. The highest BCUT2D eigenvalue weighted by Gasteiger charge is 2.20. The largest absolute Gasteiger partial charge is 0.348 e. The Morgan fingerprint density at radius 3 is 2.48 bits per heavy atom. The third kappa shape index (κ3) is 4.30. The number of hydrogen-bond donors (Lipinski definition) is 1. The third-order valence-electron chi connectivity index (χ3n) is 3.26. The molecule has 0 bridgehead atoms. The van der Waals surface area contributed by atoms with Crippen molar-refractivity contribution in [2.24, 2.45) is 0 Å². The van der Waals surface area contributed by atoms with E-state index in [1.165, 1.54) is 14.1 Å². The molecule has 5 nitrogen and oxygen atoms in total. The second kappa shape index (κ2) is 7.41. The number of benzene rings is 2. The molecule has 122 valence electrons. The summed E-state index contributed by atoms with van der Waals surface area (Å²) in [6.45, 7) is 0.146.